The number of ether oxygens (including phenoxy) is 1. The van der Waals surface area contributed by atoms with E-state index in [0.717, 1.165) is 22.7 Å². The van der Waals surface area contributed by atoms with E-state index < -0.39 is 0 Å². The van der Waals surface area contributed by atoms with Gasteiger partial charge in [-0.2, -0.15) is 0 Å². The molecule has 3 heteroatoms. The molecule has 0 bridgehead atoms. The van der Waals surface area contributed by atoms with Crippen LogP contribution in [0, 0.1) is 5.92 Å². The molecule has 1 aliphatic rings. The third-order valence-electron chi connectivity index (χ3n) is 3.04. The molecule has 1 aliphatic carbocycles. The van der Waals surface area contributed by atoms with Crippen LogP contribution in [0.15, 0.2) is 22.7 Å². The number of hydrogen-bond donors (Lipinski definition) is 1. The minimum atomic E-state index is 0.312. The SMILES string of the molecule is CNC(C)c1cc(Br)ccc1OCC1CC1. The van der Waals surface area contributed by atoms with Crippen molar-refractivity contribution in [1.82, 2.24) is 5.32 Å². The first-order chi connectivity index (χ1) is 7.70. The first-order valence-electron chi connectivity index (χ1n) is 5.80. The summed E-state index contributed by atoms with van der Waals surface area (Å²) < 4.78 is 6.98. The molecule has 0 radical (unpaired) electrons. The van der Waals surface area contributed by atoms with Crippen molar-refractivity contribution in [3.8, 4) is 5.75 Å². The van der Waals surface area contributed by atoms with Crippen molar-refractivity contribution >= 4 is 15.9 Å². The molecule has 1 aromatic carbocycles. The summed E-state index contributed by atoms with van der Waals surface area (Å²) in [6, 6.07) is 6.53. The maximum Gasteiger partial charge on any atom is 0.124 e. The van der Waals surface area contributed by atoms with Gasteiger partial charge in [-0.15, -0.1) is 0 Å². The molecule has 2 rings (SSSR count). The van der Waals surface area contributed by atoms with Gasteiger partial charge in [0.15, 0.2) is 0 Å². The van der Waals surface area contributed by atoms with Crippen LogP contribution in [0.1, 0.15) is 31.4 Å². The highest BCUT2D eigenvalue weighted by Gasteiger charge is 2.22. The van der Waals surface area contributed by atoms with Gasteiger partial charge < -0.3 is 10.1 Å². The molecule has 1 N–H and O–H groups in total. The number of rotatable bonds is 5. The van der Waals surface area contributed by atoms with Gasteiger partial charge >= 0.3 is 0 Å². The van der Waals surface area contributed by atoms with Crippen molar-refractivity contribution in [3.05, 3.63) is 28.2 Å². The summed E-state index contributed by atoms with van der Waals surface area (Å²) in [4.78, 5) is 0. The average Bonchev–Trinajstić information content (AvgIpc) is 3.10. The van der Waals surface area contributed by atoms with E-state index in [9.17, 15) is 0 Å². The summed E-state index contributed by atoms with van der Waals surface area (Å²) in [5, 5.41) is 3.25. The van der Waals surface area contributed by atoms with Crippen LogP contribution in [-0.2, 0) is 0 Å². The number of halogens is 1. The highest BCUT2D eigenvalue weighted by molar-refractivity contribution is 9.10. The van der Waals surface area contributed by atoms with Crippen molar-refractivity contribution in [2.24, 2.45) is 5.92 Å². The van der Waals surface area contributed by atoms with Crippen LogP contribution in [0.4, 0.5) is 0 Å². The van der Waals surface area contributed by atoms with Crippen LogP contribution >= 0.6 is 15.9 Å². The lowest BCUT2D eigenvalue weighted by molar-refractivity contribution is 0.294. The molecule has 0 saturated heterocycles. The summed E-state index contributed by atoms with van der Waals surface area (Å²) in [7, 11) is 1.97. The molecule has 1 aromatic rings. The molecule has 0 heterocycles. The van der Waals surface area contributed by atoms with E-state index in [-0.39, 0.29) is 0 Å². The second-order valence-corrected chi connectivity index (χ2v) is 5.36. The normalized spacial score (nSPS) is 17.2. The summed E-state index contributed by atoms with van der Waals surface area (Å²) >= 11 is 3.50. The second kappa shape index (κ2) is 5.19. The standard InChI is InChI=1S/C13H18BrNO/c1-9(15-2)12-7-11(14)5-6-13(12)16-8-10-3-4-10/h5-7,9-10,15H,3-4,8H2,1-2H3. The van der Waals surface area contributed by atoms with Crippen LogP contribution in [-0.4, -0.2) is 13.7 Å². The lowest BCUT2D eigenvalue weighted by Gasteiger charge is -2.16. The Labute approximate surface area is 106 Å². The van der Waals surface area contributed by atoms with Crippen LogP contribution in [0.3, 0.4) is 0 Å². The second-order valence-electron chi connectivity index (χ2n) is 4.45. The van der Waals surface area contributed by atoms with Crippen molar-refractivity contribution in [3.63, 3.8) is 0 Å². The zero-order valence-corrected chi connectivity index (χ0v) is 11.4. The molecule has 0 amide bonds. The smallest absolute Gasteiger partial charge is 0.124 e. The Morgan fingerprint density at radius 1 is 1.50 bits per heavy atom. The maximum absolute atomic E-state index is 5.88. The quantitative estimate of drug-likeness (QED) is 0.893. The van der Waals surface area contributed by atoms with Gasteiger partial charge in [0.25, 0.3) is 0 Å². The van der Waals surface area contributed by atoms with E-state index in [4.69, 9.17) is 4.74 Å². The van der Waals surface area contributed by atoms with Crippen LogP contribution in [0.2, 0.25) is 0 Å². The van der Waals surface area contributed by atoms with Gasteiger partial charge in [-0.1, -0.05) is 15.9 Å². The van der Waals surface area contributed by atoms with Crippen LogP contribution in [0.25, 0.3) is 0 Å². The Morgan fingerprint density at radius 2 is 2.25 bits per heavy atom. The zero-order valence-electron chi connectivity index (χ0n) is 9.79. The summed E-state index contributed by atoms with van der Waals surface area (Å²) in [5.41, 5.74) is 1.22. The molecule has 2 nitrogen and oxygen atoms in total. The van der Waals surface area contributed by atoms with E-state index in [2.05, 4.69) is 40.3 Å². The summed E-state index contributed by atoms with van der Waals surface area (Å²) in [6.07, 6.45) is 2.65. The molecule has 0 spiro atoms. The zero-order chi connectivity index (χ0) is 11.5. The van der Waals surface area contributed by atoms with Gasteiger partial charge in [-0.05, 0) is 50.9 Å². The van der Waals surface area contributed by atoms with Crippen LogP contribution < -0.4 is 10.1 Å². The number of benzene rings is 1. The molecule has 0 aliphatic heterocycles. The van der Waals surface area contributed by atoms with E-state index in [0.29, 0.717) is 6.04 Å². The predicted molar refractivity (Wildman–Crippen MR) is 69.8 cm³/mol. The average molecular weight is 284 g/mol. The van der Waals surface area contributed by atoms with Crippen molar-refractivity contribution in [2.45, 2.75) is 25.8 Å². The molecular formula is C13H18BrNO. The van der Waals surface area contributed by atoms with E-state index >= 15 is 0 Å². The van der Waals surface area contributed by atoms with E-state index in [1.807, 2.05) is 13.1 Å². The maximum atomic E-state index is 5.88. The van der Waals surface area contributed by atoms with E-state index in [1.54, 1.807) is 0 Å². The fourth-order valence-electron chi connectivity index (χ4n) is 1.64. The van der Waals surface area contributed by atoms with Gasteiger partial charge in [-0.25, -0.2) is 0 Å². The summed E-state index contributed by atoms with van der Waals surface area (Å²) in [6.45, 7) is 3.01. The molecule has 0 aromatic heterocycles. The van der Waals surface area contributed by atoms with Crippen molar-refractivity contribution in [1.29, 1.82) is 0 Å². The molecule has 16 heavy (non-hydrogen) atoms. The van der Waals surface area contributed by atoms with Gasteiger partial charge in [-0.3, -0.25) is 0 Å². The largest absolute Gasteiger partial charge is 0.493 e. The topological polar surface area (TPSA) is 21.3 Å². The first-order valence-corrected chi connectivity index (χ1v) is 6.59. The van der Waals surface area contributed by atoms with Gasteiger partial charge in [0.1, 0.15) is 5.75 Å². The Kier molecular flexibility index (Phi) is 3.87. The van der Waals surface area contributed by atoms with Crippen LogP contribution in [0.5, 0.6) is 5.75 Å². The molecule has 1 unspecified atom stereocenters. The lowest BCUT2D eigenvalue weighted by atomic mass is 10.1. The molecule has 1 atom stereocenters. The monoisotopic (exact) mass is 283 g/mol. The summed E-state index contributed by atoms with van der Waals surface area (Å²) in [5.74, 6) is 1.80. The fourth-order valence-corrected chi connectivity index (χ4v) is 2.02. The molecule has 1 fully saturated rings. The van der Waals surface area contributed by atoms with Crippen molar-refractivity contribution in [2.75, 3.05) is 13.7 Å². The Balaban J connectivity index is 2.13. The third kappa shape index (κ3) is 2.98. The van der Waals surface area contributed by atoms with Crippen molar-refractivity contribution < 1.29 is 4.74 Å². The minimum absolute atomic E-state index is 0.312. The van der Waals surface area contributed by atoms with Gasteiger partial charge in [0, 0.05) is 16.1 Å². The van der Waals surface area contributed by atoms with E-state index in [1.165, 1.54) is 18.4 Å². The molecule has 1 saturated carbocycles. The van der Waals surface area contributed by atoms with Gasteiger partial charge in [0.05, 0.1) is 6.61 Å². The number of hydrogen-bond acceptors (Lipinski definition) is 2. The lowest BCUT2D eigenvalue weighted by Crippen LogP contribution is -2.14. The molecule has 88 valence electrons. The predicted octanol–water partition coefficient (Wildman–Crippen LogP) is 3.52. The van der Waals surface area contributed by atoms with Gasteiger partial charge in [0.2, 0.25) is 0 Å². The highest BCUT2D eigenvalue weighted by atomic mass is 79.9. The third-order valence-corrected chi connectivity index (χ3v) is 3.54. The first kappa shape index (κ1) is 11.9. The molecular weight excluding hydrogens is 266 g/mol. The Hall–Kier alpha value is -0.540. The fraction of sp³-hybridized carbons (Fsp3) is 0.538. The minimum Gasteiger partial charge on any atom is -0.493 e. The Morgan fingerprint density at radius 3 is 2.88 bits per heavy atom. The Bertz CT molecular complexity index is 363. The highest BCUT2D eigenvalue weighted by Crippen LogP contribution is 2.32. The number of nitrogens with one attached hydrogen (secondary N) is 1.